The fraction of sp³-hybridized carbons (Fsp3) is 0.556. The first kappa shape index (κ1) is 19.2. The Labute approximate surface area is 148 Å². The zero-order valence-electron chi connectivity index (χ0n) is 14.8. The van der Waals surface area contributed by atoms with Crippen LogP contribution in [0.25, 0.3) is 0 Å². The van der Waals surface area contributed by atoms with Gasteiger partial charge in [0.25, 0.3) is 0 Å². The van der Waals surface area contributed by atoms with Crippen LogP contribution in [0.4, 0.5) is 9.18 Å². The molecule has 1 aliphatic rings. The number of amides is 3. The van der Waals surface area contributed by atoms with Crippen LogP contribution in [0.15, 0.2) is 24.3 Å². The molecule has 0 atom stereocenters. The molecule has 0 saturated carbocycles. The van der Waals surface area contributed by atoms with Crippen molar-refractivity contribution in [3.05, 3.63) is 35.6 Å². The smallest absolute Gasteiger partial charge is 0.317 e. The van der Waals surface area contributed by atoms with E-state index >= 15 is 0 Å². The maximum Gasteiger partial charge on any atom is 0.317 e. The number of hydrogen-bond acceptors (Lipinski definition) is 3. The van der Waals surface area contributed by atoms with Crippen molar-refractivity contribution in [1.82, 2.24) is 20.4 Å². The Hall–Kier alpha value is -2.15. The summed E-state index contributed by atoms with van der Waals surface area (Å²) < 4.78 is 12.8. The SMILES string of the molecule is CCCNC(=O)CN1CCN(C(=O)NCCc2ccc(F)cc2)CC1. The molecule has 1 aromatic carbocycles. The lowest BCUT2D eigenvalue weighted by Crippen LogP contribution is -2.53. The van der Waals surface area contributed by atoms with Crippen LogP contribution in [-0.2, 0) is 11.2 Å². The number of halogens is 1. The van der Waals surface area contributed by atoms with Gasteiger partial charge in [0.05, 0.1) is 6.54 Å². The van der Waals surface area contributed by atoms with Gasteiger partial charge in [0.2, 0.25) is 5.91 Å². The van der Waals surface area contributed by atoms with E-state index in [1.54, 1.807) is 17.0 Å². The zero-order chi connectivity index (χ0) is 18.1. The highest BCUT2D eigenvalue weighted by atomic mass is 19.1. The van der Waals surface area contributed by atoms with Gasteiger partial charge in [-0.15, -0.1) is 0 Å². The third-order valence-corrected chi connectivity index (χ3v) is 4.20. The standard InChI is InChI=1S/C18H27FN4O2/c1-2-8-20-17(24)14-22-10-12-23(13-11-22)18(25)21-9-7-15-3-5-16(19)6-4-15/h3-6H,2,7-14H2,1H3,(H,20,24)(H,21,25). The Morgan fingerprint density at radius 3 is 2.36 bits per heavy atom. The average Bonchev–Trinajstić information content (AvgIpc) is 2.62. The molecule has 2 rings (SSSR count). The third kappa shape index (κ3) is 6.70. The highest BCUT2D eigenvalue weighted by Gasteiger charge is 2.21. The molecule has 25 heavy (non-hydrogen) atoms. The molecule has 7 heteroatoms. The summed E-state index contributed by atoms with van der Waals surface area (Å²) in [5.41, 5.74) is 0.990. The summed E-state index contributed by atoms with van der Waals surface area (Å²) in [4.78, 5) is 27.7. The van der Waals surface area contributed by atoms with Crippen molar-refractivity contribution in [3.8, 4) is 0 Å². The summed E-state index contributed by atoms with van der Waals surface area (Å²) in [6, 6.07) is 6.21. The first-order chi connectivity index (χ1) is 12.1. The van der Waals surface area contributed by atoms with E-state index in [-0.39, 0.29) is 17.8 Å². The van der Waals surface area contributed by atoms with Crippen LogP contribution in [0.2, 0.25) is 0 Å². The van der Waals surface area contributed by atoms with Crippen molar-refractivity contribution < 1.29 is 14.0 Å². The molecule has 0 radical (unpaired) electrons. The molecule has 3 amide bonds. The van der Waals surface area contributed by atoms with Gasteiger partial charge in [-0.2, -0.15) is 0 Å². The minimum Gasteiger partial charge on any atom is -0.355 e. The van der Waals surface area contributed by atoms with Gasteiger partial charge in [0, 0.05) is 39.3 Å². The van der Waals surface area contributed by atoms with Gasteiger partial charge in [-0.25, -0.2) is 9.18 Å². The lowest BCUT2D eigenvalue weighted by atomic mass is 10.1. The van der Waals surface area contributed by atoms with Gasteiger partial charge < -0.3 is 15.5 Å². The summed E-state index contributed by atoms with van der Waals surface area (Å²) in [5, 5.41) is 5.76. The number of piperazine rings is 1. The lowest BCUT2D eigenvalue weighted by molar-refractivity contribution is -0.122. The molecule has 0 aromatic heterocycles. The monoisotopic (exact) mass is 350 g/mol. The van der Waals surface area contributed by atoms with Gasteiger partial charge in [0.15, 0.2) is 0 Å². The second kappa shape index (κ2) is 9.98. The number of carbonyl (C=O) groups is 2. The first-order valence-electron chi connectivity index (χ1n) is 8.84. The van der Waals surface area contributed by atoms with E-state index < -0.39 is 0 Å². The first-order valence-corrected chi connectivity index (χ1v) is 8.84. The molecule has 1 heterocycles. The second-order valence-corrected chi connectivity index (χ2v) is 6.22. The summed E-state index contributed by atoms with van der Waals surface area (Å²) >= 11 is 0. The molecule has 6 nitrogen and oxygen atoms in total. The molecule has 0 aliphatic carbocycles. The van der Waals surface area contributed by atoms with Gasteiger partial charge in [-0.05, 0) is 30.5 Å². The number of benzene rings is 1. The van der Waals surface area contributed by atoms with Gasteiger partial charge >= 0.3 is 6.03 Å². The number of carbonyl (C=O) groups excluding carboxylic acids is 2. The van der Waals surface area contributed by atoms with E-state index in [9.17, 15) is 14.0 Å². The Bertz CT molecular complexity index is 557. The van der Waals surface area contributed by atoms with E-state index in [4.69, 9.17) is 0 Å². The van der Waals surface area contributed by atoms with Crippen molar-refractivity contribution in [2.75, 3.05) is 45.8 Å². The minimum absolute atomic E-state index is 0.0408. The lowest BCUT2D eigenvalue weighted by Gasteiger charge is -2.34. The number of rotatable bonds is 7. The minimum atomic E-state index is -0.256. The van der Waals surface area contributed by atoms with Gasteiger partial charge in [-0.1, -0.05) is 19.1 Å². The molecule has 1 saturated heterocycles. The number of nitrogens with one attached hydrogen (secondary N) is 2. The zero-order valence-corrected chi connectivity index (χ0v) is 14.8. The fourth-order valence-electron chi connectivity index (χ4n) is 2.71. The van der Waals surface area contributed by atoms with Crippen molar-refractivity contribution in [2.45, 2.75) is 19.8 Å². The maximum atomic E-state index is 12.8. The summed E-state index contributed by atoms with van der Waals surface area (Å²) in [6.45, 7) is 6.26. The van der Waals surface area contributed by atoms with E-state index in [1.807, 2.05) is 6.92 Å². The van der Waals surface area contributed by atoms with E-state index in [2.05, 4.69) is 15.5 Å². The quantitative estimate of drug-likeness (QED) is 0.777. The fourth-order valence-corrected chi connectivity index (χ4v) is 2.71. The Balaban J connectivity index is 1.63. The van der Waals surface area contributed by atoms with Crippen molar-refractivity contribution >= 4 is 11.9 Å². The molecular weight excluding hydrogens is 323 g/mol. The summed E-state index contributed by atoms with van der Waals surface area (Å²) in [6.07, 6.45) is 1.60. The highest BCUT2D eigenvalue weighted by molar-refractivity contribution is 5.78. The van der Waals surface area contributed by atoms with Gasteiger partial charge in [-0.3, -0.25) is 9.69 Å². The van der Waals surface area contributed by atoms with Crippen LogP contribution in [0.5, 0.6) is 0 Å². The van der Waals surface area contributed by atoms with E-state index in [0.29, 0.717) is 52.2 Å². The molecule has 138 valence electrons. The molecule has 0 unspecified atom stereocenters. The highest BCUT2D eigenvalue weighted by Crippen LogP contribution is 2.04. The van der Waals surface area contributed by atoms with E-state index in [0.717, 1.165) is 12.0 Å². The predicted molar refractivity (Wildman–Crippen MR) is 94.8 cm³/mol. The summed E-state index contributed by atoms with van der Waals surface area (Å²) in [7, 11) is 0. The van der Waals surface area contributed by atoms with E-state index in [1.165, 1.54) is 12.1 Å². The van der Waals surface area contributed by atoms with Crippen molar-refractivity contribution in [2.24, 2.45) is 0 Å². The van der Waals surface area contributed by atoms with Crippen LogP contribution in [0, 0.1) is 5.82 Å². The van der Waals surface area contributed by atoms with Crippen LogP contribution in [0.3, 0.4) is 0 Å². The molecule has 1 aliphatic heterocycles. The number of nitrogens with zero attached hydrogens (tertiary/aromatic N) is 2. The largest absolute Gasteiger partial charge is 0.355 e. The van der Waals surface area contributed by atoms with Crippen LogP contribution in [0.1, 0.15) is 18.9 Å². The molecule has 1 fully saturated rings. The number of urea groups is 1. The van der Waals surface area contributed by atoms with Crippen molar-refractivity contribution in [1.29, 1.82) is 0 Å². The second-order valence-electron chi connectivity index (χ2n) is 6.22. The average molecular weight is 350 g/mol. The maximum absolute atomic E-state index is 12.8. The number of hydrogen-bond donors (Lipinski definition) is 2. The molecule has 0 spiro atoms. The topological polar surface area (TPSA) is 64.7 Å². The molecule has 0 bridgehead atoms. The molecule has 1 aromatic rings. The third-order valence-electron chi connectivity index (χ3n) is 4.20. The van der Waals surface area contributed by atoms with Gasteiger partial charge in [0.1, 0.15) is 5.82 Å². The Morgan fingerprint density at radius 1 is 1.04 bits per heavy atom. The molecular formula is C18H27FN4O2. The van der Waals surface area contributed by atoms with Crippen LogP contribution in [-0.4, -0.2) is 67.6 Å². The van der Waals surface area contributed by atoms with Crippen LogP contribution < -0.4 is 10.6 Å². The Kier molecular flexibility index (Phi) is 7.66. The normalized spacial score (nSPS) is 15.0. The predicted octanol–water partition coefficient (Wildman–Crippen LogP) is 1.22. The Morgan fingerprint density at radius 2 is 1.72 bits per heavy atom. The summed E-state index contributed by atoms with van der Waals surface area (Å²) in [5.74, 6) is -0.215. The van der Waals surface area contributed by atoms with Crippen molar-refractivity contribution in [3.63, 3.8) is 0 Å². The molecule has 2 N–H and O–H groups in total. The van der Waals surface area contributed by atoms with Crippen LogP contribution >= 0.6 is 0 Å².